The van der Waals surface area contributed by atoms with Crippen molar-refractivity contribution in [3.63, 3.8) is 0 Å². The lowest BCUT2D eigenvalue weighted by molar-refractivity contribution is -0.384. The van der Waals surface area contributed by atoms with E-state index in [-0.39, 0.29) is 23.8 Å². The van der Waals surface area contributed by atoms with Crippen molar-refractivity contribution in [1.29, 1.82) is 0 Å². The molecule has 2 aromatic carbocycles. The topological polar surface area (TPSA) is 101 Å². The number of benzene rings is 2. The van der Waals surface area contributed by atoms with Gasteiger partial charge in [-0.3, -0.25) is 10.1 Å². The molecular weight excluding hydrogens is 378 g/mol. The van der Waals surface area contributed by atoms with Gasteiger partial charge in [0.2, 0.25) is 0 Å². The fourth-order valence-corrected chi connectivity index (χ4v) is 3.48. The first-order valence-electron chi connectivity index (χ1n) is 9.25. The molecule has 29 heavy (non-hydrogen) atoms. The number of carbonyl (C=O) groups excluding carboxylic acids is 1. The third kappa shape index (κ3) is 3.87. The molecule has 1 aliphatic carbocycles. The number of methoxy groups -OCH3 is 1. The van der Waals surface area contributed by atoms with Gasteiger partial charge >= 0.3 is 5.97 Å². The maximum Gasteiger partial charge on any atom is 0.349 e. The van der Waals surface area contributed by atoms with E-state index >= 15 is 0 Å². The van der Waals surface area contributed by atoms with E-state index in [1.807, 2.05) is 12.1 Å². The molecule has 4 rings (SSSR count). The summed E-state index contributed by atoms with van der Waals surface area (Å²) in [6.07, 6.45) is 4.17. The van der Waals surface area contributed by atoms with Gasteiger partial charge in [0.05, 0.1) is 18.1 Å². The maximum absolute atomic E-state index is 12.2. The minimum absolute atomic E-state index is 0.0327. The zero-order valence-corrected chi connectivity index (χ0v) is 15.8. The van der Waals surface area contributed by atoms with Crippen LogP contribution in [0.5, 0.6) is 17.2 Å². The lowest BCUT2D eigenvalue weighted by Gasteiger charge is -2.10. The fourth-order valence-electron chi connectivity index (χ4n) is 3.48. The number of carbonyl (C=O) groups is 1. The van der Waals surface area contributed by atoms with Gasteiger partial charge in [0.1, 0.15) is 17.1 Å². The van der Waals surface area contributed by atoms with E-state index in [1.54, 1.807) is 6.07 Å². The zero-order valence-electron chi connectivity index (χ0n) is 15.8. The number of nitro groups is 1. The van der Waals surface area contributed by atoms with Crippen molar-refractivity contribution in [3.05, 3.63) is 57.8 Å². The number of fused-ring (bicyclic) bond motifs is 3. The highest BCUT2D eigenvalue weighted by atomic mass is 16.6. The van der Waals surface area contributed by atoms with Crippen LogP contribution in [0.25, 0.3) is 11.0 Å². The molecule has 0 unspecified atom stereocenters. The highest BCUT2D eigenvalue weighted by Crippen LogP contribution is 2.34. The van der Waals surface area contributed by atoms with Crippen LogP contribution in [0, 0.1) is 10.1 Å². The van der Waals surface area contributed by atoms with E-state index in [9.17, 15) is 14.9 Å². The smallest absolute Gasteiger partial charge is 0.349 e. The summed E-state index contributed by atoms with van der Waals surface area (Å²) < 4.78 is 21.7. The first-order chi connectivity index (χ1) is 14.0. The Labute approximate surface area is 166 Å². The molecule has 0 aliphatic heterocycles. The van der Waals surface area contributed by atoms with E-state index in [1.165, 1.54) is 24.8 Å². The zero-order chi connectivity index (χ0) is 20.4. The van der Waals surface area contributed by atoms with E-state index < -0.39 is 10.9 Å². The van der Waals surface area contributed by atoms with Crippen LogP contribution >= 0.6 is 0 Å². The molecule has 0 bridgehead atoms. The quantitative estimate of drug-likeness (QED) is 0.266. The average Bonchev–Trinajstić information content (AvgIpc) is 3.10. The standard InChI is InChI=1S/C21H19NO7/c1-26-19-8-6-13(22(24)25)10-20(19)29-21(23)12-27-14-7-9-18-16(11-14)15-4-2-3-5-17(15)28-18/h6-11H,2-5,12H2,1H3. The molecule has 1 aliphatic rings. The van der Waals surface area contributed by atoms with E-state index in [2.05, 4.69) is 0 Å². The second-order valence-corrected chi connectivity index (χ2v) is 6.72. The van der Waals surface area contributed by atoms with Crippen molar-refractivity contribution in [2.75, 3.05) is 13.7 Å². The van der Waals surface area contributed by atoms with E-state index in [4.69, 9.17) is 18.6 Å². The Morgan fingerprint density at radius 3 is 2.76 bits per heavy atom. The predicted molar refractivity (Wildman–Crippen MR) is 104 cm³/mol. The molecule has 0 saturated heterocycles. The summed E-state index contributed by atoms with van der Waals surface area (Å²) in [5.74, 6) is 1.04. The monoisotopic (exact) mass is 397 g/mol. The number of non-ortho nitro benzene ring substituents is 1. The van der Waals surface area contributed by atoms with Crippen LogP contribution < -0.4 is 14.2 Å². The minimum Gasteiger partial charge on any atom is -0.493 e. The summed E-state index contributed by atoms with van der Waals surface area (Å²) in [4.78, 5) is 22.5. The molecule has 0 amide bonds. The van der Waals surface area contributed by atoms with Gasteiger partial charge in [-0.15, -0.1) is 0 Å². The molecule has 3 aromatic rings. The van der Waals surface area contributed by atoms with Gasteiger partial charge in [-0.1, -0.05) is 0 Å². The number of aryl methyl sites for hydroxylation is 2. The Bertz CT molecular complexity index is 1090. The van der Waals surface area contributed by atoms with E-state index in [0.29, 0.717) is 5.75 Å². The molecule has 0 saturated carbocycles. The van der Waals surface area contributed by atoms with Gasteiger partial charge in [-0.25, -0.2) is 4.79 Å². The number of rotatable bonds is 6. The summed E-state index contributed by atoms with van der Waals surface area (Å²) in [6, 6.07) is 9.21. The molecule has 0 atom stereocenters. The van der Waals surface area contributed by atoms with Gasteiger partial charge in [0.15, 0.2) is 18.1 Å². The lowest BCUT2D eigenvalue weighted by atomic mass is 9.96. The van der Waals surface area contributed by atoms with E-state index in [0.717, 1.165) is 48.5 Å². The van der Waals surface area contributed by atoms with Gasteiger partial charge in [-0.2, -0.15) is 0 Å². The summed E-state index contributed by atoms with van der Waals surface area (Å²) in [7, 11) is 1.38. The largest absolute Gasteiger partial charge is 0.493 e. The van der Waals surface area contributed by atoms with Gasteiger partial charge in [0, 0.05) is 23.4 Å². The van der Waals surface area contributed by atoms with Crippen LogP contribution in [0.4, 0.5) is 5.69 Å². The molecule has 0 radical (unpaired) electrons. The number of ether oxygens (including phenoxy) is 3. The first kappa shape index (κ1) is 18.8. The number of hydrogen-bond donors (Lipinski definition) is 0. The highest BCUT2D eigenvalue weighted by Gasteiger charge is 2.19. The Balaban J connectivity index is 1.46. The predicted octanol–water partition coefficient (Wildman–Crippen LogP) is 4.21. The molecule has 1 aromatic heterocycles. The van der Waals surface area contributed by atoms with Crippen molar-refractivity contribution < 1.29 is 28.3 Å². The molecule has 0 spiro atoms. The number of nitrogens with zero attached hydrogens (tertiary/aromatic N) is 1. The molecule has 1 heterocycles. The van der Waals surface area contributed by atoms with Crippen LogP contribution in [-0.2, 0) is 17.6 Å². The number of furan rings is 1. The summed E-state index contributed by atoms with van der Waals surface area (Å²) >= 11 is 0. The van der Waals surface area contributed by atoms with Crippen molar-refractivity contribution in [1.82, 2.24) is 0 Å². The Morgan fingerprint density at radius 2 is 1.97 bits per heavy atom. The minimum atomic E-state index is -0.696. The number of nitro benzene ring substituents is 1. The molecular formula is C21H19NO7. The van der Waals surface area contributed by atoms with Crippen LogP contribution in [0.1, 0.15) is 24.2 Å². The van der Waals surface area contributed by atoms with Crippen molar-refractivity contribution >= 4 is 22.6 Å². The second-order valence-electron chi connectivity index (χ2n) is 6.72. The maximum atomic E-state index is 12.2. The number of esters is 1. The van der Waals surface area contributed by atoms with Crippen LogP contribution in [0.15, 0.2) is 40.8 Å². The fraction of sp³-hybridized carbons (Fsp3) is 0.286. The number of hydrogen-bond acceptors (Lipinski definition) is 7. The molecule has 150 valence electrons. The molecule has 8 nitrogen and oxygen atoms in total. The van der Waals surface area contributed by atoms with Crippen molar-refractivity contribution in [2.45, 2.75) is 25.7 Å². The van der Waals surface area contributed by atoms with Gasteiger partial charge in [0.25, 0.3) is 5.69 Å². The summed E-state index contributed by atoms with van der Waals surface area (Å²) in [5.41, 5.74) is 1.82. The third-order valence-corrected chi connectivity index (χ3v) is 4.87. The van der Waals surface area contributed by atoms with Crippen molar-refractivity contribution in [2.24, 2.45) is 0 Å². The van der Waals surface area contributed by atoms with Crippen LogP contribution in [0.2, 0.25) is 0 Å². The average molecular weight is 397 g/mol. The highest BCUT2D eigenvalue weighted by molar-refractivity contribution is 5.84. The van der Waals surface area contributed by atoms with Gasteiger partial charge in [-0.05, 0) is 43.5 Å². The van der Waals surface area contributed by atoms with Gasteiger partial charge < -0.3 is 18.6 Å². The summed E-state index contributed by atoms with van der Waals surface area (Å²) in [5, 5.41) is 11.9. The second kappa shape index (κ2) is 7.83. The first-order valence-corrected chi connectivity index (χ1v) is 9.25. The third-order valence-electron chi connectivity index (χ3n) is 4.87. The normalized spacial score (nSPS) is 13.0. The molecule has 0 fully saturated rings. The Hall–Kier alpha value is -3.55. The van der Waals surface area contributed by atoms with Crippen LogP contribution in [-0.4, -0.2) is 24.6 Å². The Morgan fingerprint density at radius 1 is 1.14 bits per heavy atom. The Kier molecular flexibility index (Phi) is 5.07. The van der Waals surface area contributed by atoms with Crippen LogP contribution in [0.3, 0.4) is 0 Å². The van der Waals surface area contributed by atoms with Crippen molar-refractivity contribution in [3.8, 4) is 17.2 Å². The lowest BCUT2D eigenvalue weighted by Crippen LogP contribution is -2.18. The molecule has 8 heteroatoms. The molecule has 0 N–H and O–H groups in total. The SMILES string of the molecule is COc1ccc([N+](=O)[O-])cc1OC(=O)COc1ccc2oc3c(c2c1)CCCC3. The summed E-state index contributed by atoms with van der Waals surface area (Å²) in [6.45, 7) is -0.350.